The van der Waals surface area contributed by atoms with Gasteiger partial charge < -0.3 is 10.6 Å². The number of hydrogen-bond donors (Lipinski definition) is 3. The van der Waals surface area contributed by atoms with Crippen LogP contribution in [0.3, 0.4) is 0 Å². The molecule has 0 saturated carbocycles. The predicted octanol–water partition coefficient (Wildman–Crippen LogP) is 0.405. The first-order chi connectivity index (χ1) is 7.97. The summed E-state index contributed by atoms with van der Waals surface area (Å²) in [5.74, 6) is -0.149. The highest BCUT2D eigenvalue weighted by molar-refractivity contribution is 5.83. The smallest absolute Gasteiger partial charge is 0.236 e. The molecular formula is C12H25N3O2. The number of hydrogen-bond acceptors (Lipinski definition) is 3. The largest absolute Gasteiger partial charge is 0.355 e. The summed E-state index contributed by atoms with van der Waals surface area (Å²) in [4.78, 5) is 22.9. The van der Waals surface area contributed by atoms with E-state index >= 15 is 0 Å². The third kappa shape index (κ3) is 8.68. The Bertz CT molecular complexity index is 242. The first-order valence-electron chi connectivity index (χ1n) is 6.27. The molecule has 0 heterocycles. The number of rotatable bonds is 8. The Balaban J connectivity index is 3.73. The van der Waals surface area contributed by atoms with Crippen molar-refractivity contribution in [3.8, 4) is 0 Å². The zero-order chi connectivity index (χ0) is 13.3. The van der Waals surface area contributed by atoms with Gasteiger partial charge >= 0.3 is 0 Å². The van der Waals surface area contributed by atoms with Crippen LogP contribution in [0.4, 0.5) is 0 Å². The van der Waals surface area contributed by atoms with Gasteiger partial charge in [0.1, 0.15) is 0 Å². The van der Waals surface area contributed by atoms with Crippen molar-refractivity contribution in [3.05, 3.63) is 0 Å². The van der Waals surface area contributed by atoms with Gasteiger partial charge in [-0.05, 0) is 27.2 Å². The van der Waals surface area contributed by atoms with Crippen molar-refractivity contribution in [2.75, 3.05) is 13.1 Å². The lowest BCUT2D eigenvalue weighted by Crippen LogP contribution is -2.47. The first kappa shape index (κ1) is 15.9. The molecule has 1 unspecified atom stereocenters. The average Bonchev–Trinajstić information content (AvgIpc) is 2.25. The Morgan fingerprint density at radius 3 is 2.35 bits per heavy atom. The molecule has 0 fully saturated rings. The molecule has 0 saturated heterocycles. The van der Waals surface area contributed by atoms with Gasteiger partial charge in [0, 0.05) is 12.6 Å². The summed E-state index contributed by atoms with van der Waals surface area (Å²) >= 11 is 0. The van der Waals surface area contributed by atoms with Crippen LogP contribution >= 0.6 is 0 Å². The molecule has 100 valence electrons. The van der Waals surface area contributed by atoms with Gasteiger partial charge in [-0.3, -0.25) is 14.9 Å². The Morgan fingerprint density at radius 2 is 1.82 bits per heavy atom. The van der Waals surface area contributed by atoms with Gasteiger partial charge in [-0.1, -0.05) is 13.3 Å². The minimum atomic E-state index is -0.343. The van der Waals surface area contributed by atoms with E-state index in [0.29, 0.717) is 6.54 Å². The maximum absolute atomic E-state index is 11.5. The molecule has 0 aromatic heterocycles. The molecule has 1 atom stereocenters. The highest BCUT2D eigenvalue weighted by Gasteiger charge is 2.12. The lowest BCUT2D eigenvalue weighted by atomic mass is 10.3. The van der Waals surface area contributed by atoms with Crippen molar-refractivity contribution in [1.82, 2.24) is 16.0 Å². The maximum atomic E-state index is 11.5. The molecule has 0 spiro atoms. The van der Waals surface area contributed by atoms with Crippen LogP contribution in [0.15, 0.2) is 0 Å². The molecular weight excluding hydrogens is 218 g/mol. The van der Waals surface area contributed by atoms with Crippen molar-refractivity contribution in [1.29, 1.82) is 0 Å². The molecule has 0 aliphatic heterocycles. The van der Waals surface area contributed by atoms with Gasteiger partial charge in [-0.25, -0.2) is 0 Å². The van der Waals surface area contributed by atoms with E-state index in [0.717, 1.165) is 12.8 Å². The number of nitrogens with one attached hydrogen (secondary N) is 3. The van der Waals surface area contributed by atoms with Crippen molar-refractivity contribution in [2.24, 2.45) is 0 Å². The van der Waals surface area contributed by atoms with Crippen LogP contribution < -0.4 is 16.0 Å². The van der Waals surface area contributed by atoms with Crippen molar-refractivity contribution >= 4 is 11.8 Å². The Labute approximate surface area is 104 Å². The third-order valence-corrected chi connectivity index (χ3v) is 2.24. The second kappa shape index (κ2) is 8.98. The molecule has 0 rings (SSSR count). The minimum Gasteiger partial charge on any atom is -0.355 e. The second-order valence-electron chi connectivity index (χ2n) is 4.47. The molecule has 5 nitrogen and oxygen atoms in total. The molecule has 17 heavy (non-hydrogen) atoms. The zero-order valence-electron chi connectivity index (χ0n) is 11.3. The Kier molecular flexibility index (Phi) is 8.40. The SMILES string of the molecule is CCCCNC(=O)C(C)NCC(=O)NC(C)C. The number of amides is 2. The molecule has 0 radical (unpaired) electrons. The van der Waals surface area contributed by atoms with E-state index in [1.807, 2.05) is 13.8 Å². The van der Waals surface area contributed by atoms with Gasteiger partial charge in [0.05, 0.1) is 12.6 Å². The molecule has 2 amide bonds. The summed E-state index contributed by atoms with van der Waals surface area (Å²) in [7, 11) is 0. The summed E-state index contributed by atoms with van der Waals surface area (Å²) in [6.07, 6.45) is 2.03. The standard InChI is InChI=1S/C12H25N3O2/c1-5-6-7-13-12(17)10(4)14-8-11(16)15-9(2)3/h9-10,14H,5-8H2,1-4H3,(H,13,17)(H,15,16). The van der Waals surface area contributed by atoms with Crippen molar-refractivity contribution < 1.29 is 9.59 Å². The normalized spacial score (nSPS) is 12.3. The maximum Gasteiger partial charge on any atom is 0.236 e. The summed E-state index contributed by atoms with van der Waals surface area (Å²) in [5.41, 5.74) is 0. The third-order valence-electron chi connectivity index (χ3n) is 2.24. The molecule has 5 heteroatoms. The monoisotopic (exact) mass is 243 g/mol. The molecule has 0 aromatic carbocycles. The van der Waals surface area contributed by atoms with Gasteiger partial charge in [0.2, 0.25) is 11.8 Å². The lowest BCUT2D eigenvalue weighted by molar-refractivity contribution is -0.123. The van der Waals surface area contributed by atoms with Gasteiger partial charge in [-0.2, -0.15) is 0 Å². The van der Waals surface area contributed by atoms with Gasteiger partial charge in [0.25, 0.3) is 0 Å². The first-order valence-corrected chi connectivity index (χ1v) is 6.27. The number of carbonyl (C=O) groups excluding carboxylic acids is 2. The van der Waals surface area contributed by atoms with Crippen LogP contribution in [0.25, 0.3) is 0 Å². The average molecular weight is 243 g/mol. The van der Waals surface area contributed by atoms with Crippen LogP contribution in [-0.4, -0.2) is 37.0 Å². The molecule has 3 N–H and O–H groups in total. The van der Waals surface area contributed by atoms with E-state index in [9.17, 15) is 9.59 Å². The van der Waals surface area contributed by atoms with E-state index in [1.54, 1.807) is 6.92 Å². The lowest BCUT2D eigenvalue weighted by Gasteiger charge is -2.14. The predicted molar refractivity (Wildman–Crippen MR) is 68.7 cm³/mol. The molecule has 0 aromatic rings. The van der Waals surface area contributed by atoms with E-state index in [1.165, 1.54) is 0 Å². The molecule has 0 aliphatic rings. The highest BCUT2D eigenvalue weighted by Crippen LogP contribution is 1.86. The summed E-state index contributed by atoms with van der Waals surface area (Å²) in [6, 6.07) is -0.220. The minimum absolute atomic E-state index is 0.0594. The van der Waals surface area contributed by atoms with E-state index < -0.39 is 0 Å². The second-order valence-corrected chi connectivity index (χ2v) is 4.47. The van der Waals surface area contributed by atoms with E-state index in [4.69, 9.17) is 0 Å². The summed E-state index contributed by atoms with van der Waals surface area (Å²) < 4.78 is 0. The van der Waals surface area contributed by atoms with Gasteiger partial charge in [-0.15, -0.1) is 0 Å². The van der Waals surface area contributed by atoms with Crippen LogP contribution in [0.5, 0.6) is 0 Å². The quantitative estimate of drug-likeness (QED) is 0.541. The van der Waals surface area contributed by atoms with E-state index in [2.05, 4.69) is 22.9 Å². The summed E-state index contributed by atoms with van der Waals surface area (Å²) in [5, 5.41) is 8.46. The Morgan fingerprint density at radius 1 is 1.18 bits per heavy atom. The fraction of sp³-hybridized carbons (Fsp3) is 0.833. The van der Waals surface area contributed by atoms with Crippen LogP contribution in [0.1, 0.15) is 40.5 Å². The molecule has 0 bridgehead atoms. The Hall–Kier alpha value is -1.10. The fourth-order valence-electron chi connectivity index (χ4n) is 1.25. The summed E-state index contributed by atoms with van der Waals surface area (Å²) in [6.45, 7) is 8.49. The van der Waals surface area contributed by atoms with Crippen molar-refractivity contribution in [3.63, 3.8) is 0 Å². The van der Waals surface area contributed by atoms with Crippen LogP contribution in [0.2, 0.25) is 0 Å². The van der Waals surface area contributed by atoms with Gasteiger partial charge in [0.15, 0.2) is 0 Å². The number of unbranched alkanes of at least 4 members (excludes halogenated alkanes) is 1. The van der Waals surface area contributed by atoms with Crippen LogP contribution in [-0.2, 0) is 9.59 Å². The van der Waals surface area contributed by atoms with E-state index in [-0.39, 0.29) is 30.4 Å². The highest BCUT2D eigenvalue weighted by atomic mass is 16.2. The topological polar surface area (TPSA) is 70.2 Å². The van der Waals surface area contributed by atoms with Crippen LogP contribution in [0, 0.1) is 0 Å². The number of carbonyl (C=O) groups is 2. The fourth-order valence-corrected chi connectivity index (χ4v) is 1.25. The molecule has 0 aliphatic carbocycles. The van der Waals surface area contributed by atoms with Crippen molar-refractivity contribution in [2.45, 2.75) is 52.6 Å². The zero-order valence-corrected chi connectivity index (χ0v) is 11.3.